The van der Waals surface area contributed by atoms with E-state index in [0.29, 0.717) is 5.69 Å². The second-order valence-electron chi connectivity index (χ2n) is 4.28. The third-order valence-corrected chi connectivity index (χ3v) is 4.82. The highest BCUT2D eigenvalue weighted by atomic mass is 79.9. The number of thiocarbonyl (C=S) groups is 1. The minimum absolute atomic E-state index is 0.0446. The Balaban J connectivity index is 2.49. The predicted octanol–water partition coefficient (Wildman–Crippen LogP) is 2.59. The minimum Gasteiger partial charge on any atom is -0.388 e. The van der Waals surface area contributed by atoms with Gasteiger partial charge in [-0.25, -0.2) is 8.42 Å². The molecule has 2 rings (SSSR count). The Morgan fingerprint density at radius 1 is 1.38 bits per heavy atom. The van der Waals surface area contributed by atoms with Gasteiger partial charge in [-0.05, 0) is 36.8 Å². The SMILES string of the molecule is Cc1ccc(Br)cc1NS(=O)(=O)c1cccnc1C(N)=S. The van der Waals surface area contributed by atoms with Crippen molar-refractivity contribution in [2.75, 3.05) is 4.72 Å². The van der Waals surface area contributed by atoms with Crippen molar-refractivity contribution in [3.05, 3.63) is 52.3 Å². The van der Waals surface area contributed by atoms with Gasteiger partial charge in [0.15, 0.2) is 0 Å². The first-order valence-corrected chi connectivity index (χ1v) is 8.53. The van der Waals surface area contributed by atoms with Gasteiger partial charge in [0.05, 0.1) is 5.69 Å². The lowest BCUT2D eigenvalue weighted by Crippen LogP contribution is -2.21. The Bertz CT molecular complexity index is 807. The van der Waals surface area contributed by atoms with Crippen LogP contribution in [0.2, 0.25) is 0 Å². The third kappa shape index (κ3) is 3.58. The number of aryl methyl sites for hydroxylation is 1. The largest absolute Gasteiger partial charge is 0.388 e. The molecule has 0 amide bonds. The molecule has 2 aromatic rings. The standard InChI is InChI=1S/C13H12BrN3O2S2/c1-8-4-5-9(14)7-10(8)17-21(18,19)11-3-2-6-16-12(11)13(15)20/h2-7,17H,1H3,(H2,15,20). The molecule has 1 heterocycles. The minimum atomic E-state index is -3.83. The quantitative estimate of drug-likeness (QED) is 0.789. The molecule has 0 saturated carbocycles. The summed E-state index contributed by atoms with van der Waals surface area (Å²) in [6.07, 6.45) is 1.44. The third-order valence-electron chi connectivity index (χ3n) is 2.74. The van der Waals surface area contributed by atoms with Crippen molar-refractivity contribution < 1.29 is 8.42 Å². The van der Waals surface area contributed by atoms with Gasteiger partial charge < -0.3 is 5.73 Å². The number of halogens is 1. The Morgan fingerprint density at radius 2 is 2.10 bits per heavy atom. The molecule has 0 aliphatic rings. The molecular formula is C13H12BrN3O2S2. The van der Waals surface area contributed by atoms with Gasteiger partial charge in [-0.3, -0.25) is 9.71 Å². The highest BCUT2D eigenvalue weighted by Gasteiger charge is 2.21. The van der Waals surface area contributed by atoms with Crippen LogP contribution < -0.4 is 10.5 Å². The summed E-state index contributed by atoms with van der Waals surface area (Å²) in [7, 11) is -3.83. The van der Waals surface area contributed by atoms with E-state index in [4.69, 9.17) is 18.0 Å². The zero-order valence-electron chi connectivity index (χ0n) is 11.0. The average Bonchev–Trinajstić information content (AvgIpc) is 2.42. The number of nitrogens with zero attached hydrogens (tertiary/aromatic N) is 1. The van der Waals surface area contributed by atoms with Gasteiger partial charge in [-0.1, -0.05) is 34.2 Å². The highest BCUT2D eigenvalue weighted by molar-refractivity contribution is 9.10. The van der Waals surface area contributed by atoms with E-state index >= 15 is 0 Å². The lowest BCUT2D eigenvalue weighted by atomic mass is 10.2. The molecule has 0 unspecified atom stereocenters. The molecule has 1 aromatic heterocycles. The van der Waals surface area contributed by atoms with Gasteiger partial charge in [-0.15, -0.1) is 0 Å². The number of benzene rings is 1. The first-order valence-electron chi connectivity index (χ1n) is 5.85. The summed E-state index contributed by atoms with van der Waals surface area (Å²) in [5.41, 5.74) is 6.87. The fourth-order valence-corrected chi connectivity index (χ4v) is 3.58. The second-order valence-corrected chi connectivity index (χ2v) is 7.29. The fraction of sp³-hybridized carbons (Fsp3) is 0.0769. The lowest BCUT2D eigenvalue weighted by molar-refractivity contribution is 0.600. The van der Waals surface area contributed by atoms with Gasteiger partial charge >= 0.3 is 0 Å². The number of anilines is 1. The lowest BCUT2D eigenvalue weighted by Gasteiger charge is -2.12. The zero-order chi connectivity index (χ0) is 15.6. The summed E-state index contributed by atoms with van der Waals surface area (Å²) in [6, 6.07) is 8.25. The molecule has 21 heavy (non-hydrogen) atoms. The number of rotatable bonds is 4. The van der Waals surface area contributed by atoms with Gasteiger partial charge in [0.25, 0.3) is 10.0 Å². The number of aromatic nitrogens is 1. The van der Waals surface area contributed by atoms with Crippen LogP contribution in [0, 0.1) is 6.92 Å². The highest BCUT2D eigenvalue weighted by Crippen LogP contribution is 2.24. The van der Waals surface area contributed by atoms with E-state index in [9.17, 15) is 8.42 Å². The second kappa shape index (κ2) is 6.08. The van der Waals surface area contributed by atoms with Crippen molar-refractivity contribution in [2.24, 2.45) is 5.73 Å². The Morgan fingerprint density at radius 3 is 2.76 bits per heavy atom. The number of nitrogens with one attached hydrogen (secondary N) is 1. The van der Waals surface area contributed by atoms with Crippen molar-refractivity contribution in [3.63, 3.8) is 0 Å². The topological polar surface area (TPSA) is 85.1 Å². The summed E-state index contributed by atoms with van der Waals surface area (Å²) >= 11 is 8.15. The number of hydrogen-bond acceptors (Lipinski definition) is 4. The summed E-state index contributed by atoms with van der Waals surface area (Å²) in [6.45, 7) is 1.81. The maximum absolute atomic E-state index is 12.5. The molecule has 0 aliphatic heterocycles. The maximum Gasteiger partial charge on any atom is 0.264 e. The van der Waals surface area contributed by atoms with Crippen molar-refractivity contribution in [3.8, 4) is 0 Å². The number of nitrogens with two attached hydrogens (primary N) is 1. The summed E-state index contributed by atoms with van der Waals surface area (Å²) in [4.78, 5) is 3.82. The Kier molecular flexibility index (Phi) is 4.60. The molecular weight excluding hydrogens is 374 g/mol. The number of pyridine rings is 1. The van der Waals surface area contributed by atoms with E-state index in [1.165, 1.54) is 18.3 Å². The Hall–Kier alpha value is -1.51. The molecule has 0 saturated heterocycles. The molecule has 0 fully saturated rings. The molecule has 0 aliphatic carbocycles. The molecule has 0 atom stereocenters. The van der Waals surface area contributed by atoms with E-state index in [1.54, 1.807) is 12.1 Å². The van der Waals surface area contributed by atoms with Crippen LogP contribution in [-0.2, 0) is 10.0 Å². The van der Waals surface area contributed by atoms with Crippen molar-refractivity contribution >= 4 is 48.8 Å². The van der Waals surface area contributed by atoms with Crippen LogP contribution in [0.25, 0.3) is 0 Å². The molecule has 110 valence electrons. The van der Waals surface area contributed by atoms with Gasteiger partial charge in [0.1, 0.15) is 15.6 Å². The monoisotopic (exact) mass is 385 g/mol. The van der Waals surface area contributed by atoms with Crippen LogP contribution in [0.4, 0.5) is 5.69 Å². The molecule has 3 N–H and O–H groups in total. The normalized spacial score (nSPS) is 11.1. The van der Waals surface area contributed by atoms with Crippen LogP contribution in [0.15, 0.2) is 45.9 Å². The summed E-state index contributed by atoms with van der Waals surface area (Å²) in [5.74, 6) is 0. The van der Waals surface area contributed by atoms with E-state index in [2.05, 4.69) is 25.6 Å². The van der Waals surface area contributed by atoms with Gasteiger partial charge in [0, 0.05) is 10.7 Å². The molecule has 5 nitrogen and oxygen atoms in total. The molecule has 0 bridgehead atoms. The van der Waals surface area contributed by atoms with Gasteiger partial charge in [-0.2, -0.15) is 0 Å². The van der Waals surface area contributed by atoms with Crippen LogP contribution in [0.5, 0.6) is 0 Å². The summed E-state index contributed by atoms with van der Waals surface area (Å²) < 4.78 is 28.3. The van der Waals surface area contributed by atoms with Crippen molar-refractivity contribution in [2.45, 2.75) is 11.8 Å². The van der Waals surface area contributed by atoms with E-state index in [1.807, 2.05) is 13.0 Å². The molecule has 0 radical (unpaired) electrons. The molecule has 1 aromatic carbocycles. The van der Waals surface area contributed by atoms with E-state index in [0.717, 1.165) is 10.0 Å². The molecule has 8 heteroatoms. The number of sulfonamides is 1. The van der Waals surface area contributed by atoms with Crippen LogP contribution >= 0.6 is 28.1 Å². The first-order chi connectivity index (χ1) is 9.81. The zero-order valence-corrected chi connectivity index (χ0v) is 14.2. The van der Waals surface area contributed by atoms with Gasteiger partial charge in [0.2, 0.25) is 0 Å². The van der Waals surface area contributed by atoms with Crippen LogP contribution in [0.1, 0.15) is 11.3 Å². The predicted molar refractivity (Wildman–Crippen MR) is 89.8 cm³/mol. The fourth-order valence-electron chi connectivity index (χ4n) is 1.70. The number of hydrogen-bond donors (Lipinski definition) is 2. The summed E-state index contributed by atoms with van der Waals surface area (Å²) in [5, 5.41) is 0. The first kappa shape index (κ1) is 15.9. The average molecular weight is 386 g/mol. The smallest absolute Gasteiger partial charge is 0.264 e. The molecule has 0 spiro atoms. The van der Waals surface area contributed by atoms with E-state index < -0.39 is 10.0 Å². The van der Waals surface area contributed by atoms with E-state index in [-0.39, 0.29) is 15.6 Å². The van der Waals surface area contributed by atoms with Crippen LogP contribution in [0.3, 0.4) is 0 Å². The Labute approximate surface area is 136 Å². The van der Waals surface area contributed by atoms with Crippen LogP contribution in [-0.4, -0.2) is 18.4 Å². The van der Waals surface area contributed by atoms with Crippen molar-refractivity contribution in [1.29, 1.82) is 0 Å². The van der Waals surface area contributed by atoms with Crippen molar-refractivity contribution in [1.82, 2.24) is 4.98 Å². The maximum atomic E-state index is 12.5.